The van der Waals surface area contributed by atoms with Crippen molar-refractivity contribution in [2.45, 2.75) is 0 Å². The maximum absolute atomic E-state index is 12.7. The second-order valence-corrected chi connectivity index (χ2v) is 6.84. The summed E-state index contributed by atoms with van der Waals surface area (Å²) in [6, 6.07) is 5.26. The van der Waals surface area contributed by atoms with E-state index in [9.17, 15) is 9.59 Å². The fourth-order valence-electron chi connectivity index (χ4n) is 3.65. The number of amides is 3. The first-order valence-electron chi connectivity index (χ1n) is 9.23. The SMILES string of the molecule is O=C(CN1CCN(c2ccc3c(c2)OCO3)C1=O)N1CCN(CCO)CC1. The zero-order chi connectivity index (χ0) is 18.8. The summed E-state index contributed by atoms with van der Waals surface area (Å²) in [6.45, 7) is 4.88. The van der Waals surface area contributed by atoms with Gasteiger partial charge in [0.2, 0.25) is 12.7 Å². The van der Waals surface area contributed by atoms with Gasteiger partial charge in [0.1, 0.15) is 6.54 Å². The van der Waals surface area contributed by atoms with Gasteiger partial charge in [-0.15, -0.1) is 0 Å². The van der Waals surface area contributed by atoms with E-state index in [1.54, 1.807) is 26.8 Å². The largest absolute Gasteiger partial charge is 0.454 e. The number of aliphatic hydroxyl groups excluding tert-OH is 1. The predicted octanol–water partition coefficient (Wildman–Crippen LogP) is -0.206. The monoisotopic (exact) mass is 376 g/mol. The molecule has 0 aliphatic carbocycles. The van der Waals surface area contributed by atoms with Crippen LogP contribution in [0.25, 0.3) is 0 Å². The summed E-state index contributed by atoms with van der Waals surface area (Å²) < 4.78 is 10.7. The van der Waals surface area contributed by atoms with Crippen LogP contribution < -0.4 is 14.4 Å². The predicted molar refractivity (Wildman–Crippen MR) is 97.0 cm³/mol. The summed E-state index contributed by atoms with van der Waals surface area (Å²) >= 11 is 0. The van der Waals surface area contributed by atoms with Crippen LogP contribution in [-0.2, 0) is 4.79 Å². The van der Waals surface area contributed by atoms with Crippen molar-refractivity contribution in [1.29, 1.82) is 0 Å². The first-order chi connectivity index (χ1) is 13.2. The van der Waals surface area contributed by atoms with Gasteiger partial charge >= 0.3 is 6.03 Å². The topological polar surface area (TPSA) is 85.8 Å². The summed E-state index contributed by atoms with van der Waals surface area (Å²) in [4.78, 5) is 32.5. The molecule has 0 aromatic heterocycles. The number of carbonyl (C=O) groups excluding carboxylic acids is 2. The molecule has 0 saturated carbocycles. The van der Waals surface area contributed by atoms with Crippen LogP contribution >= 0.6 is 0 Å². The van der Waals surface area contributed by atoms with Crippen molar-refractivity contribution >= 4 is 17.6 Å². The Morgan fingerprint density at radius 2 is 1.81 bits per heavy atom. The van der Waals surface area contributed by atoms with Crippen LogP contribution in [0.3, 0.4) is 0 Å². The Morgan fingerprint density at radius 3 is 2.59 bits per heavy atom. The third-order valence-corrected chi connectivity index (χ3v) is 5.23. The number of aliphatic hydroxyl groups is 1. The zero-order valence-electron chi connectivity index (χ0n) is 15.2. The van der Waals surface area contributed by atoms with Gasteiger partial charge in [-0.3, -0.25) is 14.6 Å². The number of urea groups is 1. The van der Waals surface area contributed by atoms with Crippen molar-refractivity contribution in [1.82, 2.24) is 14.7 Å². The number of ether oxygens (including phenoxy) is 2. The third kappa shape index (κ3) is 3.65. The van der Waals surface area contributed by atoms with Crippen LogP contribution in [0.2, 0.25) is 0 Å². The highest BCUT2D eigenvalue weighted by atomic mass is 16.7. The molecule has 1 aromatic rings. The van der Waals surface area contributed by atoms with Gasteiger partial charge in [0.25, 0.3) is 0 Å². The summed E-state index contributed by atoms with van der Waals surface area (Å²) in [5.41, 5.74) is 0.747. The highest BCUT2D eigenvalue weighted by Crippen LogP contribution is 2.36. The van der Waals surface area contributed by atoms with Crippen LogP contribution in [0.1, 0.15) is 0 Å². The maximum Gasteiger partial charge on any atom is 0.325 e. The first kappa shape index (κ1) is 17.9. The molecule has 0 bridgehead atoms. The van der Waals surface area contributed by atoms with Crippen LogP contribution in [-0.4, -0.2) is 97.5 Å². The molecule has 2 saturated heterocycles. The fourth-order valence-corrected chi connectivity index (χ4v) is 3.65. The summed E-state index contributed by atoms with van der Waals surface area (Å²) in [5.74, 6) is 1.29. The lowest BCUT2D eigenvalue weighted by atomic mass is 10.2. The lowest BCUT2D eigenvalue weighted by molar-refractivity contribution is -0.133. The molecule has 9 nitrogen and oxygen atoms in total. The van der Waals surface area contributed by atoms with Gasteiger partial charge in [-0.1, -0.05) is 0 Å². The Bertz CT molecular complexity index is 720. The second kappa shape index (κ2) is 7.61. The van der Waals surface area contributed by atoms with Crippen molar-refractivity contribution in [3.8, 4) is 11.5 Å². The number of hydrogen-bond donors (Lipinski definition) is 1. The lowest BCUT2D eigenvalue weighted by Gasteiger charge is -2.35. The Kier molecular flexibility index (Phi) is 5.04. The van der Waals surface area contributed by atoms with Crippen molar-refractivity contribution in [2.24, 2.45) is 0 Å². The number of fused-ring (bicyclic) bond motifs is 1. The smallest absolute Gasteiger partial charge is 0.325 e. The number of benzene rings is 1. The van der Waals surface area contributed by atoms with Gasteiger partial charge in [-0.2, -0.15) is 0 Å². The average Bonchev–Trinajstić information content (AvgIpc) is 3.29. The minimum Gasteiger partial charge on any atom is -0.454 e. The molecule has 9 heteroatoms. The number of hydrogen-bond acceptors (Lipinski definition) is 6. The minimum absolute atomic E-state index is 0.0282. The number of piperazine rings is 1. The maximum atomic E-state index is 12.7. The molecule has 4 rings (SSSR count). The molecule has 3 aliphatic heterocycles. The molecule has 3 heterocycles. The molecule has 0 radical (unpaired) electrons. The van der Waals surface area contributed by atoms with E-state index in [0.717, 1.165) is 18.8 Å². The van der Waals surface area contributed by atoms with Gasteiger partial charge in [0.15, 0.2) is 11.5 Å². The molecule has 2 fully saturated rings. The van der Waals surface area contributed by atoms with Crippen molar-refractivity contribution in [3.63, 3.8) is 0 Å². The van der Waals surface area contributed by atoms with E-state index < -0.39 is 0 Å². The standard InChI is InChI=1S/C18H24N4O5/c23-10-9-19-3-5-20(6-4-19)17(24)12-21-7-8-22(18(21)25)14-1-2-15-16(11-14)27-13-26-15/h1-2,11,23H,3-10,12-13H2. The van der Waals surface area contributed by atoms with Gasteiger partial charge in [-0.05, 0) is 12.1 Å². The van der Waals surface area contributed by atoms with E-state index in [1.165, 1.54) is 0 Å². The Morgan fingerprint density at radius 1 is 1.04 bits per heavy atom. The van der Waals surface area contributed by atoms with E-state index in [2.05, 4.69) is 4.90 Å². The normalized spacial score (nSPS) is 19.9. The first-order valence-corrected chi connectivity index (χ1v) is 9.23. The van der Waals surface area contributed by atoms with E-state index in [4.69, 9.17) is 14.6 Å². The summed E-state index contributed by atoms with van der Waals surface area (Å²) in [7, 11) is 0. The van der Waals surface area contributed by atoms with Crippen LogP contribution in [0.5, 0.6) is 11.5 Å². The summed E-state index contributed by atoms with van der Waals surface area (Å²) in [5, 5.41) is 9.00. The number of nitrogens with zero attached hydrogens (tertiary/aromatic N) is 4. The zero-order valence-corrected chi connectivity index (χ0v) is 15.2. The van der Waals surface area contributed by atoms with Crippen LogP contribution in [0.4, 0.5) is 10.5 Å². The van der Waals surface area contributed by atoms with Gasteiger partial charge < -0.3 is 24.4 Å². The lowest BCUT2D eigenvalue weighted by Crippen LogP contribution is -2.52. The van der Waals surface area contributed by atoms with E-state index in [-0.39, 0.29) is 31.9 Å². The molecule has 1 N–H and O–H groups in total. The Labute approximate surface area is 157 Å². The van der Waals surface area contributed by atoms with Crippen molar-refractivity contribution in [3.05, 3.63) is 18.2 Å². The molecule has 0 atom stereocenters. The number of anilines is 1. The van der Waals surface area contributed by atoms with Crippen LogP contribution in [0, 0.1) is 0 Å². The fraction of sp³-hybridized carbons (Fsp3) is 0.556. The molecule has 0 spiro atoms. The van der Waals surface area contributed by atoms with Gasteiger partial charge in [-0.25, -0.2) is 4.79 Å². The molecule has 0 unspecified atom stereocenters. The van der Waals surface area contributed by atoms with E-state index in [0.29, 0.717) is 44.2 Å². The average molecular weight is 376 g/mol. The number of rotatable bonds is 5. The number of carbonyl (C=O) groups is 2. The van der Waals surface area contributed by atoms with Crippen LogP contribution in [0.15, 0.2) is 18.2 Å². The molecule has 3 amide bonds. The highest BCUT2D eigenvalue weighted by molar-refractivity contribution is 5.96. The highest BCUT2D eigenvalue weighted by Gasteiger charge is 2.33. The molecule has 27 heavy (non-hydrogen) atoms. The molecule has 3 aliphatic rings. The molecule has 1 aromatic carbocycles. The van der Waals surface area contributed by atoms with Gasteiger partial charge in [0, 0.05) is 57.6 Å². The van der Waals surface area contributed by atoms with Crippen molar-refractivity contribution < 1.29 is 24.2 Å². The Balaban J connectivity index is 1.33. The van der Waals surface area contributed by atoms with Gasteiger partial charge in [0.05, 0.1) is 6.61 Å². The summed E-state index contributed by atoms with van der Waals surface area (Å²) in [6.07, 6.45) is 0. The van der Waals surface area contributed by atoms with Crippen molar-refractivity contribution in [2.75, 3.05) is 70.7 Å². The second-order valence-electron chi connectivity index (χ2n) is 6.84. The molecule has 146 valence electrons. The molecular formula is C18H24N4O5. The van der Waals surface area contributed by atoms with E-state index >= 15 is 0 Å². The van der Waals surface area contributed by atoms with E-state index in [1.807, 2.05) is 6.07 Å². The third-order valence-electron chi connectivity index (χ3n) is 5.23. The molecular weight excluding hydrogens is 352 g/mol. The quantitative estimate of drug-likeness (QED) is 0.766. The Hall–Kier alpha value is -2.52. The minimum atomic E-state index is -0.166. The number of β-amino-alcohol motifs (C(OH)–C–C–N with tert-alkyl or cyclic N) is 1.